The molecule has 0 N–H and O–H groups in total. The molecule has 0 aromatic heterocycles. The highest BCUT2D eigenvalue weighted by Gasteiger charge is 2.13. The van der Waals surface area contributed by atoms with E-state index in [1.807, 2.05) is 45.0 Å². The zero-order valence-corrected chi connectivity index (χ0v) is 10.5. The molecule has 88 valence electrons. The summed E-state index contributed by atoms with van der Waals surface area (Å²) in [6, 6.07) is 13.6. The Labute approximate surface area is 102 Å². The van der Waals surface area contributed by atoms with Crippen LogP contribution in [0, 0.1) is 12.7 Å². The van der Waals surface area contributed by atoms with Crippen molar-refractivity contribution in [2.45, 2.75) is 26.7 Å². The summed E-state index contributed by atoms with van der Waals surface area (Å²) in [6.45, 7) is 6.06. The predicted octanol–water partition coefficient (Wildman–Crippen LogP) is 4.92. The molecule has 0 unspecified atom stereocenters. The van der Waals surface area contributed by atoms with E-state index in [4.69, 9.17) is 0 Å². The second-order valence-electron chi connectivity index (χ2n) is 4.65. The van der Waals surface area contributed by atoms with Crippen molar-refractivity contribution in [1.82, 2.24) is 0 Å². The van der Waals surface area contributed by atoms with Gasteiger partial charge < -0.3 is 0 Å². The minimum atomic E-state index is -0.0998. The standard InChI is InChI=1S/C16H17F/c1-11(2)16-12(3)14(9-10-15(16)17)13-7-5-4-6-8-13/h4-11H,1-3H3. The molecule has 0 aliphatic heterocycles. The summed E-state index contributed by atoms with van der Waals surface area (Å²) in [5.41, 5.74) is 4.14. The topological polar surface area (TPSA) is 0 Å². The van der Waals surface area contributed by atoms with Gasteiger partial charge in [-0.3, -0.25) is 0 Å². The molecule has 0 radical (unpaired) electrons. The molecule has 2 rings (SSSR count). The fourth-order valence-corrected chi connectivity index (χ4v) is 2.33. The molecular formula is C16H17F. The molecule has 0 spiro atoms. The molecular weight excluding hydrogens is 211 g/mol. The lowest BCUT2D eigenvalue weighted by Crippen LogP contribution is -1.99. The van der Waals surface area contributed by atoms with Crippen molar-refractivity contribution in [3.8, 4) is 11.1 Å². The zero-order chi connectivity index (χ0) is 12.4. The highest BCUT2D eigenvalue weighted by atomic mass is 19.1. The zero-order valence-electron chi connectivity index (χ0n) is 10.5. The van der Waals surface area contributed by atoms with Gasteiger partial charge in [-0.15, -0.1) is 0 Å². The number of hydrogen-bond donors (Lipinski definition) is 0. The third-order valence-corrected chi connectivity index (χ3v) is 3.12. The van der Waals surface area contributed by atoms with Crippen LogP contribution in [0.5, 0.6) is 0 Å². The summed E-state index contributed by atoms with van der Waals surface area (Å²) in [5, 5.41) is 0. The average Bonchev–Trinajstić information content (AvgIpc) is 2.30. The normalized spacial score (nSPS) is 10.9. The molecule has 2 aromatic carbocycles. The lowest BCUT2D eigenvalue weighted by molar-refractivity contribution is 0.596. The molecule has 0 aliphatic rings. The van der Waals surface area contributed by atoms with Crippen molar-refractivity contribution < 1.29 is 4.39 Å². The van der Waals surface area contributed by atoms with Crippen LogP contribution in [0.3, 0.4) is 0 Å². The lowest BCUT2D eigenvalue weighted by atomic mass is 9.91. The van der Waals surface area contributed by atoms with Crippen LogP contribution < -0.4 is 0 Å². The van der Waals surface area contributed by atoms with Crippen LogP contribution in [-0.2, 0) is 0 Å². The van der Waals surface area contributed by atoms with Gasteiger partial charge in [0.25, 0.3) is 0 Å². The maximum Gasteiger partial charge on any atom is 0.126 e. The molecule has 0 aliphatic carbocycles. The number of benzene rings is 2. The highest BCUT2D eigenvalue weighted by Crippen LogP contribution is 2.31. The molecule has 1 heteroatoms. The first-order valence-corrected chi connectivity index (χ1v) is 5.95. The first kappa shape index (κ1) is 11.8. The Morgan fingerprint density at radius 1 is 0.941 bits per heavy atom. The van der Waals surface area contributed by atoms with E-state index in [0.717, 1.165) is 22.3 Å². The van der Waals surface area contributed by atoms with Gasteiger partial charge >= 0.3 is 0 Å². The van der Waals surface area contributed by atoms with Crippen LogP contribution in [0.25, 0.3) is 11.1 Å². The van der Waals surface area contributed by atoms with Crippen LogP contribution in [0.4, 0.5) is 4.39 Å². The molecule has 0 atom stereocenters. The van der Waals surface area contributed by atoms with Crippen LogP contribution in [-0.4, -0.2) is 0 Å². The Bertz CT molecular complexity index is 513. The summed E-state index contributed by atoms with van der Waals surface area (Å²) in [6.07, 6.45) is 0. The highest BCUT2D eigenvalue weighted by molar-refractivity contribution is 5.68. The van der Waals surface area contributed by atoms with Gasteiger partial charge in [-0.25, -0.2) is 4.39 Å². The third-order valence-electron chi connectivity index (χ3n) is 3.12. The van der Waals surface area contributed by atoms with Crippen LogP contribution in [0.1, 0.15) is 30.9 Å². The number of halogens is 1. The van der Waals surface area contributed by atoms with Crippen molar-refractivity contribution in [3.63, 3.8) is 0 Å². The smallest absolute Gasteiger partial charge is 0.126 e. The van der Waals surface area contributed by atoms with E-state index in [1.165, 1.54) is 0 Å². The Morgan fingerprint density at radius 3 is 2.18 bits per heavy atom. The summed E-state index contributed by atoms with van der Waals surface area (Å²) in [5.74, 6) is 0.107. The molecule has 17 heavy (non-hydrogen) atoms. The van der Waals surface area contributed by atoms with Gasteiger partial charge in [-0.2, -0.15) is 0 Å². The summed E-state index contributed by atoms with van der Waals surface area (Å²) in [4.78, 5) is 0. The summed E-state index contributed by atoms with van der Waals surface area (Å²) >= 11 is 0. The van der Waals surface area contributed by atoms with Gasteiger partial charge in [0.1, 0.15) is 5.82 Å². The van der Waals surface area contributed by atoms with E-state index in [2.05, 4.69) is 12.1 Å². The SMILES string of the molecule is Cc1c(-c2ccccc2)ccc(F)c1C(C)C. The molecule has 0 nitrogen and oxygen atoms in total. The van der Waals surface area contributed by atoms with Gasteiger partial charge in [0.05, 0.1) is 0 Å². The van der Waals surface area contributed by atoms with Crippen LogP contribution in [0.15, 0.2) is 42.5 Å². The molecule has 0 saturated heterocycles. The van der Waals surface area contributed by atoms with E-state index in [1.54, 1.807) is 6.07 Å². The van der Waals surface area contributed by atoms with Gasteiger partial charge in [-0.05, 0) is 41.2 Å². The second kappa shape index (κ2) is 4.70. The van der Waals surface area contributed by atoms with E-state index in [9.17, 15) is 4.39 Å². The minimum absolute atomic E-state index is 0.0998. The van der Waals surface area contributed by atoms with E-state index < -0.39 is 0 Å². The van der Waals surface area contributed by atoms with Gasteiger partial charge in [0.15, 0.2) is 0 Å². The van der Waals surface area contributed by atoms with Gasteiger partial charge in [0, 0.05) is 0 Å². The summed E-state index contributed by atoms with van der Waals surface area (Å²) < 4.78 is 13.8. The summed E-state index contributed by atoms with van der Waals surface area (Å²) in [7, 11) is 0. The molecule has 0 saturated carbocycles. The van der Waals surface area contributed by atoms with Gasteiger partial charge in [-0.1, -0.05) is 50.2 Å². The number of rotatable bonds is 2. The fourth-order valence-electron chi connectivity index (χ4n) is 2.33. The maximum absolute atomic E-state index is 13.8. The third kappa shape index (κ3) is 2.23. The van der Waals surface area contributed by atoms with Crippen molar-refractivity contribution in [3.05, 3.63) is 59.4 Å². The van der Waals surface area contributed by atoms with Gasteiger partial charge in [0.2, 0.25) is 0 Å². The Balaban J connectivity index is 2.62. The van der Waals surface area contributed by atoms with Crippen molar-refractivity contribution >= 4 is 0 Å². The van der Waals surface area contributed by atoms with E-state index in [0.29, 0.717) is 0 Å². The average molecular weight is 228 g/mol. The van der Waals surface area contributed by atoms with Crippen molar-refractivity contribution in [2.24, 2.45) is 0 Å². The van der Waals surface area contributed by atoms with Crippen LogP contribution >= 0.6 is 0 Å². The Morgan fingerprint density at radius 2 is 1.59 bits per heavy atom. The van der Waals surface area contributed by atoms with Crippen LogP contribution in [0.2, 0.25) is 0 Å². The van der Waals surface area contributed by atoms with E-state index in [-0.39, 0.29) is 11.7 Å². The lowest BCUT2D eigenvalue weighted by Gasteiger charge is -2.15. The molecule has 0 bridgehead atoms. The van der Waals surface area contributed by atoms with Crippen molar-refractivity contribution in [2.75, 3.05) is 0 Å². The second-order valence-corrected chi connectivity index (χ2v) is 4.65. The first-order valence-electron chi connectivity index (χ1n) is 5.95. The molecule has 0 fully saturated rings. The molecule has 0 heterocycles. The quantitative estimate of drug-likeness (QED) is 0.684. The van der Waals surface area contributed by atoms with Crippen molar-refractivity contribution in [1.29, 1.82) is 0 Å². The Kier molecular flexibility index (Phi) is 3.28. The largest absolute Gasteiger partial charge is 0.207 e. The molecule has 0 amide bonds. The molecule has 2 aromatic rings. The maximum atomic E-state index is 13.8. The fraction of sp³-hybridized carbons (Fsp3) is 0.250. The number of hydrogen-bond acceptors (Lipinski definition) is 0. The minimum Gasteiger partial charge on any atom is -0.207 e. The van der Waals surface area contributed by atoms with E-state index >= 15 is 0 Å². The Hall–Kier alpha value is -1.63. The predicted molar refractivity (Wildman–Crippen MR) is 70.7 cm³/mol. The monoisotopic (exact) mass is 228 g/mol. The first-order chi connectivity index (χ1) is 8.11.